The number of carbonyl (C=O) groups excluding carboxylic acids is 1. The van der Waals surface area contributed by atoms with Gasteiger partial charge in [-0.05, 0) is 31.5 Å². The first-order valence-electron chi connectivity index (χ1n) is 7.34. The Balaban J connectivity index is 1.68. The number of amides is 1. The lowest BCUT2D eigenvalue weighted by Crippen LogP contribution is -2.14. The van der Waals surface area contributed by atoms with E-state index in [1.54, 1.807) is 6.20 Å². The van der Waals surface area contributed by atoms with Crippen molar-refractivity contribution in [1.29, 1.82) is 0 Å². The van der Waals surface area contributed by atoms with E-state index in [-0.39, 0.29) is 5.91 Å². The van der Waals surface area contributed by atoms with E-state index < -0.39 is 0 Å². The molecule has 1 amide bonds. The van der Waals surface area contributed by atoms with Gasteiger partial charge in [-0.25, -0.2) is 4.98 Å². The molecule has 0 saturated heterocycles. The monoisotopic (exact) mass is 323 g/mol. The molecule has 0 spiro atoms. The highest BCUT2D eigenvalue weighted by Gasteiger charge is 2.09. The molecule has 0 fully saturated rings. The predicted molar refractivity (Wildman–Crippen MR) is 93.6 cm³/mol. The molecular formula is C18H17N3OS. The first-order valence-corrected chi connectivity index (χ1v) is 8.22. The second-order valence-electron chi connectivity index (χ2n) is 5.44. The van der Waals surface area contributed by atoms with Gasteiger partial charge >= 0.3 is 0 Å². The minimum Gasteiger partial charge on any atom is -0.302 e. The van der Waals surface area contributed by atoms with E-state index in [2.05, 4.69) is 15.3 Å². The number of rotatable bonds is 4. The summed E-state index contributed by atoms with van der Waals surface area (Å²) in [6.07, 6.45) is 2.12. The number of nitrogens with zero attached hydrogens (tertiary/aromatic N) is 2. The van der Waals surface area contributed by atoms with E-state index in [4.69, 9.17) is 0 Å². The number of thiazole rings is 1. The van der Waals surface area contributed by atoms with Crippen LogP contribution >= 0.6 is 11.3 Å². The number of hydrogen-bond donors (Lipinski definition) is 1. The number of anilines is 1. The van der Waals surface area contributed by atoms with Gasteiger partial charge in [-0.15, -0.1) is 11.3 Å². The number of carbonyl (C=O) groups is 1. The third-order valence-corrected chi connectivity index (χ3v) is 4.15. The molecule has 116 valence electrons. The quantitative estimate of drug-likeness (QED) is 0.789. The molecule has 0 unspecified atom stereocenters. The average molecular weight is 323 g/mol. The first kappa shape index (κ1) is 15.4. The van der Waals surface area contributed by atoms with E-state index in [0.717, 1.165) is 28.1 Å². The van der Waals surface area contributed by atoms with Gasteiger partial charge in [-0.1, -0.05) is 29.8 Å². The van der Waals surface area contributed by atoms with Crippen molar-refractivity contribution in [2.24, 2.45) is 0 Å². The van der Waals surface area contributed by atoms with Crippen LogP contribution in [0.25, 0.3) is 11.3 Å². The summed E-state index contributed by atoms with van der Waals surface area (Å²) in [5, 5.41) is 5.43. The molecule has 1 N–H and O–H groups in total. The predicted octanol–water partition coefficient (Wildman–Crippen LogP) is 4.00. The SMILES string of the molecule is Cc1cccc(CC(=O)Nc2nc(-c3ccnc(C)c3)cs2)c1. The zero-order valence-electron chi connectivity index (χ0n) is 13.0. The van der Waals surface area contributed by atoms with Gasteiger partial charge in [0.05, 0.1) is 12.1 Å². The minimum atomic E-state index is -0.0533. The van der Waals surface area contributed by atoms with Crippen molar-refractivity contribution in [1.82, 2.24) is 9.97 Å². The molecule has 4 nitrogen and oxygen atoms in total. The Morgan fingerprint density at radius 1 is 1.22 bits per heavy atom. The summed E-state index contributed by atoms with van der Waals surface area (Å²) < 4.78 is 0. The van der Waals surface area contributed by atoms with Crippen LogP contribution in [0.2, 0.25) is 0 Å². The Morgan fingerprint density at radius 2 is 2.09 bits per heavy atom. The summed E-state index contributed by atoms with van der Waals surface area (Å²) in [6.45, 7) is 3.96. The molecule has 5 heteroatoms. The molecule has 0 aliphatic rings. The van der Waals surface area contributed by atoms with Crippen molar-refractivity contribution in [3.05, 3.63) is 64.8 Å². The van der Waals surface area contributed by atoms with Gasteiger partial charge in [0, 0.05) is 22.8 Å². The molecular weight excluding hydrogens is 306 g/mol. The summed E-state index contributed by atoms with van der Waals surface area (Å²) in [7, 11) is 0. The van der Waals surface area contributed by atoms with E-state index in [0.29, 0.717) is 11.6 Å². The number of nitrogens with one attached hydrogen (secondary N) is 1. The normalized spacial score (nSPS) is 10.5. The fraction of sp³-hybridized carbons (Fsp3) is 0.167. The second-order valence-corrected chi connectivity index (χ2v) is 6.30. The van der Waals surface area contributed by atoms with Crippen molar-refractivity contribution in [2.45, 2.75) is 20.3 Å². The molecule has 0 atom stereocenters. The lowest BCUT2D eigenvalue weighted by atomic mass is 10.1. The molecule has 0 bridgehead atoms. The van der Waals surface area contributed by atoms with Crippen LogP contribution in [-0.2, 0) is 11.2 Å². The molecule has 3 aromatic rings. The van der Waals surface area contributed by atoms with Crippen molar-refractivity contribution in [2.75, 3.05) is 5.32 Å². The van der Waals surface area contributed by atoms with Crippen molar-refractivity contribution in [3.8, 4) is 11.3 Å². The molecule has 23 heavy (non-hydrogen) atoms. The lowest BCUT2D eigenvalue weighted by Gasteiger charge is -2.03. The molecule has 2 heterocycles. The zero-order valence-corrected chi connectivity index (χ0v) is 13.9. The molecule has 2 aromatic heterocycles. The maximum absolute atomic E-state index is 12.1. The van der Waals surface area contributed by atoms with Gasteiger partial charge in [-0.2, -0.15) is 0 Å². The van der Waals surface area contributed by atoms with Crippen LogP contribution in [0.1, 0.15) is 16.8 Å². The van der Waals surface area contributed by atoms with E-state index in [1.165, 1.54) is 11.3 Å². The molecule has 0 saturated carbocycles. The lowest BCUT2D eigenvalue weighted by molar-refractivity contribution is -0.115. The number of aromatic nitrogens is 2. The average Bonchev–Trinajstić information content (AvgIpc) is 2.95. The van der Waals surface area contributed by atoms with Crippen LogP contribution in [0.5, 0.6) is 0 Å². The smallest absolute Gasteiger partial charge is 0.230 e. The number of benzene rings is 1. The van der Waals surface area contributed by atoms with E-state index in [9.17, 15) is 4.79 Å². The van der Waals surface area contributed by atoms with Gasteiger partial charge in [-0.3, -0.25) is 9.78 Å². The zero-order chi connectivity index (χ0) is 16.2. The summed E-state index contributed by atoms with van der Waals surface area (Å²) in [4.78, 5) is 20.8. The Hall–Kier alpha value is -2.53. The summed E-state index contributed by atoms with van der Waals surface area (Å²) in [6, 6.07) is 11.9. The Kier molecular flexibility index (Phi) is 4.48. The second kappa shape index (κ2) is 6.71. The van der Waals surface area contributed by atoms with Crippen LogP contribution in [0, 0.1) is 13.8 Å². The van der Waals surface area contributed by atoms with Crippen LogP contribution in [0.15, 0.2) is 48.0 Å². The summed E-state index contributed by atoms with van der Waals surface area (Å²) in [5.74, 6) is -0.0533. The van der Waals surface area contributed by atoms with E-state index >= 15 is 0 Å². The van der Waals surface area contributed by atoms with Crippen molar-refractivity contribution in [3.63, 3.8) is 0 Å². The van der Waals surface area contributed by atoms with Crippen LogP contribution in [0.4, 0.5) is 5.13 Å². The Bertz CT molecular complexity index is 842. The highest BCUT2D eigenvalue weighted by Crippen LogP contribution is 2.25. The molecule has 0 aliphatic carbocycles. The van der Waals surface area contributed by atoms with Gasteiger partial charge in [0.1, 0.15) is 0 Å². The van der Waals surface area contributed by atoms with Crippen molar-refractivity contribution >= 4 is 22.4 Å². The van der Waals surface area contributed by atoms with E-state index in [1.807, 2.05) is 55.6 Å². The third kappa shape index (κ3) is 4.02. The largest absolute Gasteiger partial charge is 0.302 e. The molecule has 1 aromatic carbocycles. The first-order chi connectivity index (χ1) is 11.1. The molecule has 0 radical (unpaired) electrons. The standard InChI is InChI=1S/C18H17N3OS/c1-12-4-3-5-14(8-12)10-17(22)21-18-20-16(11-23-18)15-6-7-19-13(2)9-15/h3-9,11H,10H2,1-2H3,(H,20,21,22). The highest BCUT2D eigenvalue weighted by molar-refractivity contribution is 7.14. The molecule has 0 aliphatic heterocycles. The number of pyridine rings is 1. The Labute approximate surface area is 139 Å². The van der Waals surface area contributed by atoms with Crippen LogP contribution in [0.3, 0.4) is 0 Å². The maximum atomic E-state index is 12.1. The molecule has 3 rings (SSSR count). The van der Waals surface area contributed by atoms with Gasteiger partial charge in [0.25, 0.3) is 0 Å². The maximum Gasteiger partial charge on any atom is 0.230 e. The topological polar surface area (TPSA) is 54.9 Å². The Morgan fingerprint density at radius 3 is 2.87 bits per heavy atom. The van der Waals surface area contributed by atoms with Crippen molar-refractivity contribution < 1.29 is 4.79 Å². The van der Waals surface area contributed by atoms with Gasteiger partial charge in [0.15, 0.2) is 5.13 Å². The van der Waals surface area contributed by atoms with Crippen LogP contribution in [-0.4, -0.2) is 15.9 Å². The fourth-order valence-corrected chi connectivity index (χ4v) is 3.08. The number of hydrogen-bond acceptors (Lipinski definition) is 4. The highest BCUT2D eigenvalue weighted by atomic mass is 32.1. The third-order valence-electron chi connectivity index (χ3n) is 3.39. The number of aryl methyl sites for hydroxylation is 2. The van der Waals surface area contributed by atoms with Gasteiger partial charge in [0.2, 0.25) is 5.91 Å². The fourth-order valence-electron chi connectivity index (χ4n) is 2.34. The minimum absolute atomic E-state index is 0.0533. The van der Waals surface area contributed by atoms with Crippen LogP contribution < -0.4 is 5.32 Å². The summed E-state index contributed by atoms with van der Waals surface area (Å²) >= 11 is 1.43. The summed E-state index contributed by atoms with van der Waals surface area (Å²) in [5.41, 5.74) is 4.96. The van der Waals surface area contributed by atoms with Gasteiger partial charge < -0.3 is 5.32 Å².